The molecule has 15 heavy (non-hydrogen) atoms. The molecule has 0 unspecified atom stereocenters. The highest BCUT2D eigenvalue weighted by molar-refractivity contribution is 5.77. The van der Waals surface area contributed by atoms with Crippen LogP contribution in [0.25, 0.3) is 0 Å². The largest absolute Gasteiger partial charge is 0.467 e. The summed E-state index contributed by atoms with van der Waals surface area (Å²) in [5.74, 6) is -0.296. The van der Waals surface area contributed by atoms with Crippen molar-refractivity contribution in [1.29, 1.82) is 0 Å². The van der Waals surface area contributed by atoms with E-state index in [1.165, 1.54) is 7.11 Å². The van der Waals surface area contributed by atoms with E-state index in [0.717, 1.165) is 5.56 Å². The van der Waals surface area contributed by atoms with Gasteiger partial charge in [-0.05, 0) is 26.3 Å². The summed E-state index contributed by atoms with van der Waals surface area (Å²) in [6.07, 6.45) is 3.53. The molecule has 0 bridgehead atoms. The molecular weight excluding hydrogens is 192 g/mol. The minimum Gasteiger partial charge on any atom is -0.467 e. The molecule has 0 amide bonds. The van der Waals surface area contributed by atoms with Crippen molar-refractivity contribution in [2.75, 3.05) is 7.11 Å². The number of methoxy groups -OCH3 is 1. The quantitative estimate of drug-likeness (QED) is 0.705. The lowest BCUT2D eigenvalue weighted by molar-refractivity contribution is -0.150. The van der Waals surface area contributed by atoms with Crippen LogP contribution in [0.5, 0.6) is 0 Å². The molecule has 1 heterocycles. The van der Waals surface area contributed by atoms with Gasteiger partial charge in [-0.1, -0.05) is 13.8 Å². The predicted octanol–water partition coefficient (Wildman–Crippen LogP) is 2.13. The topological polar surface area (TPSA) is 44.1 Å². The number of aryl methyl sites for hydroxylation is 1. The first kappa shape index (κ1) is 13.7. The van der Waals surface area contributed by atoms with Crippen LogP contribution in [-0.4, -0.2) is 22.9 Å². The van der Waals surface area contributed by atoms with E-state index in [1.807, 2.05) is 27.0 Å². The molecule has 0 saturated heterocycles. The number of carbonyl (C=O) groups is 1. The third kappa shape index (κ3) is 3.08. The summed E-state index contributed by atoms with van der Waals surface area (Å²) in [7, 11) is 1.38. The fourth-order valence-corrected chi connectivity index (χ4v) is 1.06. The van der Waals surface area contributed by atoms with Crippen molar-refractivity contribution < 1.29 is 9.53 Å². The molecule has 1 aromatic rings. The number of esters is 1. The number of hydrogen-bond acceptors (Lipinski definition) is 3. The number of nitrogens with zero attached hydrogens (tertiary/aromatic N) is 2. The molecule has 86 valence electrons. The fraction of sp³-hybridized carbons (Fsp3) is 0.636. The van der Waals surface area contributed by atoms with Gasteiger partial charge in [0.25, 0.3) is 0 Å². The summed E-state index contributed by atoms with van der Waals surface area (Å²) < 4.78 is 6.28. The van der Waals surface area contributed by atoms with E-state index in [4.69, 9.17) is 0 Å². The second-order valence-corrected chi connectivity index (χ2v) is 3.51. The lowest BCUT2D eigenvalue weighted by Crippen LogP contribution is -2.37. The summed E-state index contributed by atoms with van der Waals surface area (Å²) in [4.78, 5) is 11.4. The molecule has 4 heteroatoms. The van der Waals surface area contributed by atoms with E-state index in [1.54, 1.807) is 24.7 Å². The highest BCUT2D eigenvalue weighted by atomic mass is 16.5. The Hall–Kier alpha value is -1.32. The van der Waals surface area contributed by atoms with Gasteiger partial charge in [-0.2, -0.15) is 5.10 Å². The second kappa shape index (κ2) is 5.53. The predicted molar refractivity (Wildman–Crippen MR) is 59.7 cm³/mol. The Bertz CT molecular complexity index is 316. The van der Waals surface area contributed by atoms with Crippen LogP contribution in [0.4, 0.5) is 0 Å². The number of rotatable bonds is 2. The molecule has 0 aliphatic rings. The van der Waals surface area contributed by atoms with E-state index in [9.17, 15) is 4.79 Å². The molecule has 0 radical (unpaired) electrons. The Kier molecular flexibility index (Phi) is 5.05. The van der Waals surface area contributed by atoms with E-state index in [2.05, 4.69) is 9.84 Å². The van der Waals surface area contributed by atoms with Gasteiger partial charge in [-0.25, -0.2) is 4.79 Å². The molecule has 4 nitrogen and oxygen atoms in total. The van der Waals surface area contributed by atoms with Gasteiger partial charge in [0.05, 0.1) is 13.3 Å². The monoisotopic (exact) mass is 212 g/mol. The van der Waals surface area contributed by atoms with Crippen molar-refractivity contribution in [3.63, 3.8) is 0 Å². The van der Waals surface area contributed by atoms with Crippen molar-refractivity contribution in [2.45, 2.75) is 40.2 Å². The van der Waals surface area contributed by atoms with E-state index < -0.39 is 5.54 Å². The molecule has 0 atom stereocenters. The van der Waals surface area contributed by atoms with Gasteiger partial charge in [0.2, 0.25) is 0 Å². The van der Waals surface area contributed by atoms with Crippen molar-refractivity contribution in [3.8, 4) is 0 Å². The van der Waals surface area contributed by atoms with Crippen LogP contribution in [-0.2, 0) is 15.1 Å². The van der Waals surface area contributed by atoms with Crippen LogP contribution >= 0.6 is 0 Å². The summed E-state index contributed by atoms with van der Waals surface area (Å²) in [5.41, 5.74) is 0.292. The first-order valence-corrected chi connectivity index (χ1v) is 5.08. The van der Waals surface area contributed by atoms with Gasteiger partial charge in [-0.15, -0.1) is 0 Å². The molecule has 0 N–H and O–H groups in total. The van der Waals surface area contributed by atoms with Gasteiger partial charge in [-0.3, -0.25) is 4.68 Å². The molecule has 0 aliphatic heterocycles. The summed E-state index contributed by atoms with van der Waals surface area (Å²) in [6.45, 7) is 9.47. The van der Waals surface area contributed by atoms with Crippen LogP contribution < -0.4 is 0 Å². The Morgan fingerprint density at radius 3 is 2.33 bits per heavy atom. The number of hydrogen-bond donors (Lipinski definition) is 0. The van der Waals surface area contributed by atoms with Crippen molar-refractivity contribution >= 4 is 5.97 Å². The van der Waals surface area contributed by atoms with E-state index in [0.29, 0.717) is 0 Å². The lowest BCUT2D eigenvalue weighted by Gasteiger charge is -2.21. The maximum Gasteiger partial charge on any atom is 0.333 e. The zero-order chi connectivity index (χ0) is 12.1. The molecule has 0 spiro atoms. The average Bonchev–Trinajstić information content (AvgIpc) is 2.67. The van der Waals surface area contributed by atoms with Crippen LogP contribution in [0.15, 0.2) is 12.4 Å². The fourth-order valence-electron chi connectivity index (χ4n) is 1.06. The number of aromatic nitrogens is 2. The minimum absolute atomic E-state index is 0.296. The highest BCUT2D eigenvalue weighted by Gasteiger charge is 2.31. The van der Waals surface area contributed by atoms with Gasteiger partial charge >= 0.3 is 5.97 Å². The Labute approximate surface area is 91.2 Å². The lowest BCUT2D eigenvalue weighted by atomic mass is 10.1. The zero-order valence-electron chi connectivity index (χ0n) is 10.4. The molecule has 0 aliphatic carbocycles. The van der Waals surface area contributed by atoms with E-state index in [-0.39, 0.29) is 5.97 Å². The minimum atomic E-state index is -0.733. The third-order valence-corrected chi connectivity index (χ3v) is 1.97. The molecule has 1 rings (SSSR count). The maximum absolute atomic E-state index is 11.4. The molecule has 1 aromatic heterocycles. The maximum atomic E-state index is 11.4. The van der Waals surface area contributed by atoms with Gasteiger partial charge in [0.15, 0.2) is 5.54 Å². The molecule has 0 aromatic carbocycles. The summed E-state index contributed by atoms with van der Waals surface area (Å²) in [5, 5.41) is 4.07. The van der Waals surface area contributed by atoms with Crippen molar-refractivity contribution in [2.24, 2.45) is 0 Å². The Morgan fingerprint density at radius 1 is 1.47 bits per heavy atom. The number of carbonyl (C=O) groups excluding carboxylic acids is 1. The molecular formula is C11H20N2O2. The standard InChI is InChI=1S/C9H14N2O2.C2H6/c1-7-5-10-11(6-7)9(2,3)8(12)13-4;1-2/h5-6H,1-4H3;1-2H3. The first-order chi connectivity index (χ1) is 6.98. The summed E-state index contributed by atoms with van der Waals surface area (Å²) >= 11 is 0. The molecule has 0 fully saturated rings. The number of ether oxygens (including phenoxy) is 1. The van der Waals surface area contributed by atoms with Crippen LogP contribution in [0.2, 0.25) is 0 Å². The van der Waals surface area contributed by atoms with Crippen LogP contribution in [0.1, 0.15) is 33.3 Å². The smallest absolute Gasteiger partial charge is 0.333 e. The first-order valence-electron chi connectivity index (χ1n) is 5.08. The van der Waals surface area contributed by atoms with Crippen LogP contribution in [0.3, 0.4) is 0 Å². The van der Waals surface area contributed by atoms with Gasteiger partial charge < -0.3 is 4.74 Å². The Balaban J connectivity index is 0.000000921. The second-order valence-electron chi connectivity index (χ2n) is 3.51. The normalized spacial score (nSPS) is 10.3. The average molecular weight is 212 g/mol. The molecule has 0 saturated carbocycles. The third-order valence-electron chi connectivity index (χ3n) is 1.97. The zero-order valence-corrected chi connectivity index (χ0v) is 10.4. The van der Waals surface area contributed by atoms with Gasteiger partial charge in [0, 0.05) is 6.20 Å². The van der Waals surface area contributed by atoms with E-state index >= 15 is 0 Å². The summed E-state index contributed by atoms with van der Waals surface area (Å²) in [6, 6.07) is 0. The van der Waals surface area contributed by atoms with Crippen molar-refractivity contribution in [3.05, 3.63) is 18.0 Å². The van der Waals surface area contributed by atoms with Crippen LogP contribution in [0, 0.1) is 6.92 Å². The Morgan fingerprint density at radius 2 is 2.00 bits per heavy atom. The van der Waals surface area contributed by atoms with Gasteiger partial charge in [0.1, 0.15) is 0 Å². The SMILES string of the molecule is CC.COC(=O)C(C)(C)n1cc(C)cn1. The highest BCUT2D eigenvalue weighted by Crippen LogP contribution is 2.16. The van der Waals surface area contributed by atoms with Crippen molar-refractivity contribution in [1.82, 2.24) is 9.78 Å².